The zero-order chi connectivity index (χ0) is 23.0. The summed E-state index contributed by atoms with van der Waals surface area (Å²) in [6.07, 6.45) is 1.86. The van der Waals surface area contributed by atoms with Crippen LogP contribution in [0.25, 0.3) is 10.8 Å². The lowest BCUT2D eigenvalue weighted by molar-refractivity contribution is -0.123. The maximum absolute atomic E-state index is 13.0. The van der Waals surface area contributed by atoms with E-state index in [-0.39, 0.29) is 11.8 Å². The second-order valence-electron chi connectivity index (χ2n) is 9.41. The maximum atomic E-state index is 13.0. The van der Waals surface area contributed by atoms with Gasteiger partial charge >= 0.3 is 0 Å². The lowest BCUT2D eigenvalue weighted by Crippen LogP contribution is -2.48. The smallest absolute Gasteiger partial charge is 0.227 e. The Morgan fingerprint density at radius 2 is 1.81 bits per heavy atom. The summed E-state index contributed by atoms with van der Waals surface area (Å²) in [5, 5.41) is 5.35. The highest BCUT2D eigenvalue weighted by Gasteiger charge is 2.34. The predicted octanol–water partition coefficient (Wildman–Crippen LogP) is 5.78. The zero-order valence-corrected chi connectivity index (χ0v) is 20.0. The fourth-order valence-corrected chi connectivity index (χ4v) is 4.58. The van der Waals surface area contributed by atoms with Crippen LogP contribution < -0.4 is 14.8 Å². The average Bonchev–Trinajstić information content (AvgIpc) is 2.79. The minimum atomic E-state index is -0.409. The number of hydrogen-bond acceptors (Lipinski definition) is 3. The van der Waals surface area contributed by atoms with E-state index in [1.54, 1.807) is 7.11 Å². The largest absolute Gasteiger partial charge is 0.497 e. The summed E-state index contributed by atoms with van der Waals surface area (Å²) in [4.78, 5) is 13.0. The molecular formula is C28H33NO3. The number of methoxy groups -OCH3 is 1. The number of benzene rings is 3. The highest BCUT2D eigenvalue weighted by Crippen LogP contribution is 2.39. The third kappa shape index (κ3) is 4.19. The molecule has 4 heteroatoms. The van der Waals surface area contributed by atoms with Crippen molar-refractivity contribution in [1.82, 2.24) is 5.32 Å². The van der Waals surface area contributed by atoms with Gasteiger partial charge in [-0.25, -0.2) is 0 Å². The minimum absolute atomic E-state index is 0.0191. The molecule has 1 amide bonds. The summed E-state index contributed by atoms with van der Waals surface area (Å²) in [5.41, 5.74) is 5.63. The maximum Gasteiger partial charge on any atom is 0.227 e. The number of carbonyl (C=O) groups excluding carboxylic acids is 1. The summed E-state index contributed by atoms with van der Waals surface area (Å²) < 4.78 is 11.8. The van der Waals surface area contributed by atoms with Crippen LogP contribution in [0.5, 0.6) is 11.5 Å². The van der Waals surface area contributed by atoms with Crippen molar-refractivity contribution in [3.8, 4) is 11.5 Å². The topological polar surface area (TPSA) is 47.6 Å². The second-order valence-corrected chi connectivity index (χ2v) is 9.41. The van der Waals surface area contributed by atoms with Crippen molar-refractivity contribution in [2.45, 2.75) is 59.0 Å². The zero-order valence-electron chi connectivity index (χ0n) is 20.0. The molecule has 4 nitrogen and oxygen atoms in total. The normalized spacial score (nSPS) is 18.6. The molecule has 0 bridgehead atoms. The van der Waals surface area contributed by atoms with Crippen molar-refractivity contribution in [3.05, 3.63) is 70.3 Å². The van der Waals surface area contributed by atoms with Crippen molar-refractivity contribution in [2.75, 3.05) is 13.7 Å². The Bertz CT molecular complexity index is 1180. The van der Waals surface area contributed by atoms with Crippen LogP contribution in [0.4, 0.5) is 0 Å². The molecule has 1 aliphatic heterocycles. The van der Waals surface area contributed by atoms with Crippen LogP contribution in [0.1, 0.15) is 54.0 Å². The highest BCUT2D eigenvalue weighted by molar-refractivity contribution is 5.88. The molecule has 0 fully saturated rings. The van der Waals surface area contributed by atoms with E-state index < -0.39 is 5.60 Å². The van der Waals surface area contributed by atoms with Gasteiger partial charge in [0.05, 0.1) is 19.6 Å². The molecule has 168 valence electrons. The Labute approximate surface area is 190 Å². The quantitative estimate of drug-likeness (QED) is 0.557. The van der Waals surface area contributed by atoms with Gasteiger partial charge in [0.15, 0.2) is 0 Å². The van der Waals surface area contributed by atoms with Crippen LogP contribution in [-0.4, -0.2) is 25.2 Å². The minimum Gasteiger partial charge on any atom is -0.497 e. The summed E-state index contributed by atoms with van der Waals surface area (Å²) >= 11 is 0. The van der Waals surface area contributed by atoms with Crippen molar-refractivity contribution in [3.63, 3.8) is 0 Å². The van der Waals surface area contributed by atoms with Gasteiger partial charge < -0.3 is 14.8 Å². The molecule has 1 N–H and O–H groups in total. The van der Waals surface area contributed by atoms with Crippen molar-refractivity contribution >= 4 is 16.7 Å². The molecule has 0 radical (unpaired) electrons. The Kier molecular flexibility index (Phi) is 5.89. The monoisotopic (exact) mass is 431 g/mol. The van der Waals surface area contributed by atoms with Gasteiger partial charge in [-0.15, -0.1) is 0 Å². The third-order valence-electron chi connectivity index (χ3n) is 6.97. The second kappa shape index (κ2) is 8.50. The van der Waals surface area contributed by atoms with Gasteiger partial charge in [0.2, 0.25) is 5.91 Å². The van der Waals surface area contributed by atoms with Gasteiger partial charge in [0.25, 0.3) is 0 Å². The number of amides is 1. The Balaban J connectivity index is 1.46. The molecule has 0 aliphatic carbocycles. The van der Waals surface area contributed by atoms with E-state index in [2.05, 4.69) is 45.1 Å². The first kappa shape index (κ1) is 22.2. The number of hydrogen-bond donors (Lipinski definition) is 1. The molecule has 2 atom stereocenters. The Hall–Kier alpha value is -3.01. The number of nitrogens with one attached hydrogen (secondary N) is 1. The van der Waals surface area contributed by atoms with Gasteiger partial charge in [-0.2, -0.15) is 0 Å². The number of ether oxygens (including phenoxy) is 2. The SMILES string of the molecule is COc1ccc2cc(C(C)C(=O)NCC3(C)CCc4c(C)cc(C)c(C)c4O3)ccc2c1. The number of carbonyl (C=O) groups is 1. The van der Waals surface area contributed by atoms with Crippen LogP contribution in [-0.2, 0) is 11.2 Å². The number of fused-ring (bicyclic) bond motifs is 2. The predicted molar refractivity (Wildman–Crippen MR) is 130 cm³/mol. The van der Waals surface area contributed by atoms with E-state index in [9.17, 15) is 4.79 Å². The number of aryl methyl sites for hydroxylation is 2. The van der Waals surface area contributed by atoms with Gasteiger partial charge in [0.1, 0.15) is 17.1 Å². The van der Waals surface area contributed by atoms with Crippen LogP contribution in [0.3, 0.4) is 0 Å². The van der Waals surface area contributed by atoms with E-state index in [0.29, 0.717) is 6.54 Å². The van der Waals surface area contributed by atoms with Crippen LogP contribution >= 0.6 is 0 Å². The van der Waals surface area contributed by atoms with Gasteiger partial charge in [-0.05, 0) is 98.2 Å². The van der Waals surface area contributed by atoms with Crippen LogP contribution in [0.2, 0.25) is 0 Å². The summed E-state index contributed by atoms with van der Waals surface area (Å²) in [6.45, 7) is 10.9. The lowest BCUT2D eigenvalue weighted by atomic mass is 9.87. The van der Waals surface area contributed by atoms with E-state index in [0.717, 1.165) is 40.7 Å². The molecule has 1 heterocycles. The molecule has 3 aromatic rings. The summed E-state index contributed by atoms with van der Waals surface area (Å²) in [6, 6.07) is 14.4. The van der Waals surface area contributed by atoms with Crippen molar-refractivity contribution in [1.29, 1.82) is 0 Å². The molecule has 0 spiro atoms. The Morgan fingerprint density at radius 3 is 2.56 bits per heavy atom. The van der Waals surface area contributed by atoms with Gasteiger partial charge in [0, 0.05) is 0 Å². The average molecular weight is 432 g/mol. The fraction of sp³-hybridized carbons (Fsp3) is 0.393. The van der Waals surface area contributed by atoms with Crippen LogP contribution in [0, 0.1) is 20.8 Å². The summed E-state index contributed by atoms with van der Waals surface area (Å²) in [7, 11) is 1.67. The molecule has 32 heavy (non-hydrogen) atoms. The molecule has 4 rings (SSSR count). The third-order valence-corrected chi connectivity index (χ3v) is 6.97. The molecule has 0 aromatic heterocycles. The van der Waals surface area contributed by atoms with Gasteiger partial charge in [-0.1, -0.05) is 30.3 Å². The standard InChI is InChI=1S/C28H33NO3/c1-17-13-18(2)25-11-12-28(5,32-26(25)19(17)3)16-29-27(30)20(4)21-7-8-23-15-24(31-6)10-9-22(23)14-21/h7-10,13-15,20H,11-12,16H2,1-6H3,(H,29,30). The van der Waals surface area contributed by atoms with Crippen LogP contribution in [0.15, 0.2) is 42.5 Å². The first-order chi connectivity index (χ1) is 15.2. The molecule has 1 aliphatic rings. The fourth-order valence-electron chi connectivity index (χ4n) is 4.58. The molecular weight excluding hydrogens is 398 g/mol. The highest BCUT2D eigenvalue weighted by atomic mass is 16.5. The van der Waals surface area contributed by atoms with E-state index in [1.165, 1.54) is 22.3 Å². The van der Waals surface area contributed by atoms with E-state index in [4.69, 9.17) is 9.47 Å². The summed E-state index contributed by atoms with van der Waals surface area (Å²) in [5.74, 6) is 1.61. The van der Waals surface area contributed by atoms with E-state index in [1.807, 2.05) is 37.3 Å². The molecule has 0 saturated carbocycles. The molecule has 0 saturated heterocycles. The van der Waals surface area contributed by atoms with E-state index >= 15 is 0 Å². The molecule has 2 unspecified atom stereocenters. The molecule has 3 aromatic carbocycles. The lowest BCUT2D eigenvalue weighted by Gasteiger charge is -2.38. The first-order valence-corrected chi connectivity index (χ1v) is 11.3. The van der Waals surface area contributed by atoms with Crippen molar-refractivity contribution in [2.24, 2.45) is 0 Å². The number of rotatable bonds is 5. The first-order valence-electron chi connectivity index (χ1n) is 11.3. The Morgan fingerprint density at radius 1 is 1.09 bits per heavy atom. The van der Waals surface area contributed by atoms with Gasteiger partial charge in [-0.3, -0.25) is 4.79 Å². The van der Waals surface area contributed by atoms with Crippen molar-refractivity contribution < 1.29 is 14.3 Å².